The molecule has 0 saturated heterocycles. The van der Waals surface area contributed by atoms with E-state index in [1.54, 1.807) is 0 Å². The van der Waals surface area contributed by atoms with E-state index in [4.69, 9.17) is 14.6 Å². The molecule has 2 rings (SSSR count). The van der Waals surface area contributed by atoms with Gasteiger partial charge in [0.1, 0.15) is 18.8 Å². The van der Waals surface area contributed by atoms with Crippen molar-refractivity contribution in [2.75, 3.05) is 23.4 Å². The number of carboxylic acid groups (broad SMARTS) is 2. The highest BCUT2D eigenvalue weighted by atomic mass is 32.2. The average Bonchev–Trinajstić information content (AvgIpc) is 3.51. The van der Waals surface area contributed by atoms with Crippen LogP contribution in [0.1, 0.15) is 234 Å². The van der Waals surface area contributed by atoms with Gasteiger partial charge in [-0.3, -0.25) is 33.7 Å². The van der Waals surface area contributed by atoms with Gasteiger partial charge in [0.2, 0.25) is 5.91 Å². The minimum absolute atomic E-state index is 0.0372. The van der Waals surface area contributed by atoms with Gasteiger partial charge in [-0.15, -0.1) is 0 Å². The molecule has 3 N–H and O–H groups in total. The number of ether oxygens (including phenoxy) is 2. The summed E-state index contributed by atoms with van der Waals surface area (Å²) in [6, 6.07) is 2.41. The van der Waals surface area contributed by atoms with Gasteiger partial charge in [0, 0.05) is 42.9 Å². The fraction of sp³-hybridized carbons (Fsp3) is 0.745. The van der Waals surface area contributed by atoms with Crippen molar-refractivity contribution >= 4 is 59.0 Å². The molecular formula is C51H82N2O11S. The number of fused-ring (bicyclic) bond motifs is 1. The molecule has 1 heterocycles. The Morgan fingerprint density at radius 2 is 1.06 bits per heavy atom. The highest BCUT2D eigenvalue weighted by Crippen LogP contribution is 2.29. The van der Waals surface area contributed by atoms with E-state index in [1.165, 1.54) is 158 Å². The highest BCUT2D eigenvalue weighted by Gasteiger charge is 2.43. The monoisotopic (exact) mass is 931 g/mol. The molecule has 1 aliphatic rings. The van der Waals surface area contributed by atoms with Crippen LogP contribution in [0.5, 0.6) is 0 Å². The van der Waals surface area contributed by atoms with Crippen LogP contribution in [-0.4, -0.2) is 87.0 Å². The average molecular weight is 931 g/mol. The zero-order valence-corrected chi connectivity index (χ0v) is 40.7. The van der Waals surface area contributed by atoms with Gasteiger partial charge in [-0.2, -0.15) is 11.8 Å². The van der Waals surface area contributed by atoms with Gasteiger partial charge in [-0.05, 0) is 37.5 Å². The number of thioether (sulfide) groups is 1. The molecule has 1 aromatic carbocycles. The molecule has 3 amide bonds. The van der Waals surface area contributed by atoms with Crippen LogP contribution in [0.25, 0.3) is 0 Å². The molecule has 1 aromatic rings. The van der Waals surface area contributed by atoms with Crippen molar-refractivity contribution in [3.05, 3.63) is 29.3 Å². The SMILES string of the molecule is CCCCCCCCCCCCCCCC(=O)OCC(CSCCC(=O)Nc1ccc2c(c1)C(=O)N(C(CCC(=O)O)C(=O)O)C2=O)OC(=O)CCCCCCCCCCCCCCC. The minimum atomic E-state index is -1.65. The summed E-state index contributed by atoms with van der Waals surface area (Å²) in [7, 11) is 0. The smallest absolute Gasteiger partial charge is 0.326 e. The van der Waals surface area contributed by atoms with Crippen molar-refractivity contribution in [2.45, 2.75) is 225 Å². The number of esters is 2. The minimum Gasteiger partial charge on any atom is -0.481 e. The first-order valence-electron chi connectivity index (χ1n) is 25.2. The van der Waals surface area contributed by atoms with Crippen molar-refractivity contribution < 1.29 is 53.2 Å². The van der Waals surface area contributed by atoms with E-state index in [1.807, 2.05) is 0 Å². The summed E-state index contributed by atoms with van der Waals surface area (Å²) in [5.41, 5.74) is 0.107. The van der Waals surface area contributed by atoms with Crippen LogP contribution in [0.15, 0.2) is 18.2 Å². The van der Waals surface area contributed by atoms with E-state index in [2.05, 4.69) is 19.2 Å². The van der Waals surface area contributed by atoms with Gasteiger partial charge in [-0.25, -0.2) is 4.79 Å². The zero-order valence-electron chi connectivity index (χ0n) is 39.9. The largest absolute Gasteiger partial charge is 0.481 e. The second-order valence-corrected chi connectivity index (χ2v) is 18.8. The lowest BCUT2D eigenvalue weighted by molar-refractivity contribution is -0.157. The Hall–Kier alpha value is -3.94. The first-order chi connectivity index (χ1) is 31.5. The third-order valence-corrected chi connectivity index (χ3v) is 13.0. The number of nitrogens with one attached hydrogen (secondary N) is 1. The fourth-order valence-electron chi connectivity index (χ4n) is 8.04. The van der Waals surface area contributed by atoms with Gasteiger partial charge in [-0.1, -0.05) is 168 Å². The summed E-state index contributed by atoms with van der Waals surface area (Å²) < 4.78 is 11.4. The van der Waals surface area contributed by atoms with Crippen molar-refractivity contribution in [1.29, 1.82) is 0 Å². The Kier molecular flexibility index (Phi) is 31.9. The normalized spacial score (nSPS) is 13.1. The van der Waals surface area contributed by atoms with Crippen molar-refractivity contribution in [3.63, 3.8) is 0 Å². The number of unbranched alkanes of at least 4 members (excludes halogenated alkanes) is 24. The molecule has 0 bridgehead atoms. The second-order valence-electron chi connectivity index (χ2n) is 17.7. The van der Waals surface area contributed by atoms with Crippen LogP contribution >= 0.6 is 11.8 Å². The van der Waals surface area contributed by atoms with Crippen molar-refractivity contribution in [2.24, 2.45) is 0 Å². The first kappa shape index (κ1) is 57.2. The van der Waals surface area contributed by atoms with Crippen LogP contribution in [0, 0.1) is 0 Å². The van der Waals surface area contributed by atoms with E-state index in [0.29, 0.717) is 29.2 Å². The van der Waals surface area contributed by atoms with Crippen LogP contribution in [-0.2, 0) is 33.4 Å². The molecule has 65 heavy (non-hydrogen) atoms. The molecule has 0 spiro atoms. The molecule has 0 radical (unpaired) electrons. The summed E-state index contributed by atoms with van der Waals surface area (Å²) in [6.45, 7) is 4.42. The maximum Gasteiger partial charge on any atom is 0.326 e. The lowest BCUT2D eigenvalue weighted by Gasteiger charge is -2.21. The lowest BCUT2D eigenvalue weighted by Crippen LogP contribution is -2.45. The third-order valence-electron chi connectivity index (χ3n) is 11.9. The van der Waals surface area contributed by atoms with Crippen LogP contribution in [0.2, 0.25) is 0 Å². The first-order valence-corrected chi connectivity index (χ1v) is 26.3. The molecule has 0 saturated carbocycles. The third kappa shape index (κ3) is 26.1. The predicted octanol–water partition coefficient (Wildman–Crippen LogP) is 12.1. The van der Waals surface area contributed by atoms with E-state index >= 15 is 0 Å². The van der Waals surface area contributed by atoms with Gasteiger partial charge >= 0.3 is 23.9 Å². The molecule has 1 aliphatic heterocycles. The number of rotatable bonds is 42. The van der Waals surface area contributed by atoms with Crippen LogP contribution in [0.4, 0.5) is 5.69 Å². The Morgan fingerprint density at radius 1 is 0.600 bits per heavy atom. The molecule has 14 heteroatoms. The molecule has 2 atom stereocenters. The number of carboxylic acids is 2. The zero-order chi connectivity index (χ0) is 47.5. The number of hydrogen-bond acceptors (Lipinski definition) is 10. The quantitative estimate of drug-likeness (QED) is 0.0319. The summed E-state index contributed by atoms with van der Waals surface area (Å²) in [5.74, 6) is -4.83. The maximum atomic E-state index is 13.1. The fourth-order valence-corrected chi connectivity index (χ4v) is 8.96. The highest BCUT2D eigenvalue weighted by molar-refractivity contribution is 7.99. The van der Waals surface area contributed by atoms with Gasteiger partial charge in [0.05, 0.1) is 11.1 Å². The number of benzene rings is 1. The van der Waals surface area contributed by atoms with E-state index in [9.17, 15) is 38.7 Å². The maximum absolute atomic E-state index is 13.1. The van der Waals surface area contributed by atoms with Crippen LogP contribution < -0.4 is 5.32 Å². The number of imide groups is 1. The number of nitrogens with zero attached hydrogens (tertiary/aromatic N) is 1. The number of anilines is 1. The summed E-state index contributed by atoms with van der Waals surface area (Å²) >= 11 is 1.38. The number of carbonyl (C=O) groups is 7. The Labute approximate surface area is 393 Å². The molecule has 13 nitrogen and oxygen atoms in total. The predicted molar refractivity (Wildman–Crippen MR) is 257 cm³/mol. The molecule has 2 unspecified atom stereocenters. The standard InChI is InChI=1S/C51H82N2O11S/c1-3-5-7-9-11-13-15-17-19-21-23-25-27-29-47(57)63-38-41(64-48(58)30-28-26-24-22-20-18-16-14-12-10-8-6-4-2)39-65-36-35-45(54)52-40-31-32-42-43(37-40)50(60)53(49(42)59)44(51(61)62)33-34-46(55)56/h31-32,37,41,44H,3-30,33-36,38-39H2,1-2H3,(H,52,54)(H,55,56)(H,61,62). The Balaban J connectivity index is 1.79. The summed E-state index contributed by atoms with van der Waals surface area (Å²) in [4.78, 5) is 88.0. The molecule has 0 aromatic heterocycles. The summed E-state index contributed by atoms with van der Waals surface area (Å²) in [5, 5.41) is 21.3. The van der Waals surface area contributed by atoms with Gasteiger partial charge in [0.25, 0.3) is 11.8 Å². The second kappa shape index (κ2) is 36.2. The van der Waals surface area contributed by atoms with E-state index < -0.39 is 48.7 Å². The number of aliphatic carboxylic acids is 2. The molecule has 0 aliphatic carbocycles. The van der Waals surface area contributed by atoms with E-state index in [0.717, 1.165) is 38.5 Å². The van der Waals surface area contributed by atoms with Crippen molar-refractivity contribution in [1.82, 2.24) is 4.90 Å². The molecule has 368 valence electrons. The Morgan fingerprint density at radius 3 is 1.54 bits per heavy atom. The van der Waals surface area contributed by atoms with Gasteiger partial charge in [0.15, 0.2) is 0 Å². The number of carbonyl (C=O) groups excluding carboxylic acids is 5. The molecule has 0 fully saturated rings. The van der Waals surface area contributed by atoms with Crippen LogP contribution in [0.3, 0.4) is 0 Å². The van der Waals surface area contributed by atoms with Gasteiger partial charge < -0.3 is 25.0 Å². The summed E-state index contributed by atoms with van der Waals surface area (Å²) in [6.07, 6.45) is 30.5. The topological polar surface area (TPSA) is 194 Å². The number of hydrogen-bond donors (Lipinski definition) is 3. The van der Waals surface area contributed by atoms with E-state index in [-0.39, 0.29) is 47.7 Å². The number of amides is 3. The molecular weight excluding hydrogens is 849 g/mol. The lowest BCUT2D eigenvalue weighted by atomic mass is 10.0. The van der Waals surface area contributed by atoms with Crippen molar-refractivity contribution in [3.8, 4) is 0 Å². The Bertz CT molecular complexity index is 1570.